The number of rotatable bonds is 6. The summed E-state index contributed by atoms with van der Waals surface area (Å²) in [4.78, 5) is 21.1. The molecule has 2 aromatic rings. The molecule has 0 aromatic carbocycles. The third-order valence-electron chi connectivity index (χ3n) is 4.77. The van der Waals surface area contributed by atoms with Gasteiger partial charge in [-0.1, -0.05) is 13.8 Å². The second-order valence-electron chi connectivity index (χ2n) is 7.30. The minimum absolute atomic E-state index is 0.0144. The molecule has 1 aliphatic rings. The minimum Gasteiger partial charge on any atom is -0.338 e. The number of hydrogen-bond donors (Lipinski definition) is 1. The molecule has 0 spiro atoms. The van der Waals surface area contributed by atoms with Crippen molar-refractivity contribution in [2.75, 3.05) is 6.54 Å². The van der Waals surface area contributed by atoms with Gasteiger partial charge in [0.2, 0.25) is 0 Å². The van der Waals surface area contributed by atoms with E-state index in [-0.39, 0.29) is 6.03 Å². The number of thiophene rings is 1. The van der Waals surface area contributed by atoms with Gasteiger partial charge < -0.3 is 10.2 Å². The third kappa shape index (κ3) is 4.35. The van der Waals surface area contributed by atoms with Crippen molar-refractivity contribution in [3.05, 3.63) is 52.0 Å². The second-order valence-corrected chi connectivity index (χ2v) is 8.67. The van der Waals surface area contributed by atoms with E-state index in [2.05, 4.69) is 43.2 Å². The van der Waals surface area contributed by atoms with E-state index in [1.807, 2.05) is 17.0 Å². The lowest BCUT2D eigenvalue weighted by molar-refractivity contribution is 0.192. The van der Waals surface area contributed by atoms with Crippen molar-refractivity contribution in [1.29, 1.82) is 0 Å². The zero-order valence-electron chi connectivity index (χ0n) is 14.6. The van der Waals surface area contributed by atoms with Crippen molar-refractivity contribution in [2.24, 2.45) is 11.3 Å². The maximum Gasteiger partial charge on any atom is 0.318 e. The van der Waals surface area contributed by atoms with E-state index in [0.717, 1.165) is 12.1 Å². The molecule has 5 heteroatoms. The molecule has 1 N–H and O–H groups in total. The summed E-state index contributed by atoms with van der Waals surface area (Å²) in [6.45, 7) is 8.61. The fourth-order valence-electron chi connectivity index (χ4n) is 2.91. The van der Waals surface area contributed by atoms with Gasteiger partial charge in [-0.25, -0.2) is 4.79 Å². The molecule has 4 nitrogen and oxygen atoms in total. The monoisotopic (exact) mass is 343 g/mol. The Morgan fingerprint density at radius 2 is 2.00 bits per heavy atom. The van der Waals surface area contributed by atoms with Gasteiger partial charge in [0.15, 0.2) is 0 Å². The molecule has 24 heavy (non-hydrogen) atoms. The molecular weight excluding hydrogens is 318 g/mol. The SMILES string of the molecule is Cc1ccc(CN(Cc2ccncc2)C(=O)NC[C@@H]2CC2(C)C)s1. The van der Waals surface area contributed by atoms with Gasteiger partial charge in [-0.2, -0.15) is 0 Å². The first-order valence-electron chi connectivity index (χ1n) is 8.41. The first kappa shape index (κ1) is 17.0. The minimum atomic E-state index is 0.0144. The quantitative estimate of drug-likeness (QED) is 0.854. The fraction of sp³-hybridized carbons (Fsp3) is 0.474. The Labute approximate surface area is 147 Å². The number of carbonyl (C=O) groups excluding carboxylic acids is 1. The lowest BCUT2D eigenvalue weighted by atomic mass is 10.1. The number of pyridine rings is 1. The predicted molar refractivity (Wildman–Crippen MR) is 97.8 cm³/mol. The summed E-state index contributed by atoms with van der Waals surface area (Å²) in [7, 11) is 0. The van der Waals surface area contributed by atoms with Gasteiger partial charge >= 0.3 is 6.03 Å². The third-order valence-corrected chi connectivity index (χ3v) is 5.76. The van der Waals surface area contributed by atoms with Crippen molar-refractivity contribution in [3.8, 4) is 0 Å². The van der Waals surface area contributed by atoms with Crippen LogP contribution in [0.2, 0.25) is 0 Å². The number of hydrogen-bond acceptors (Lipinski definition) is 3. The van der Waals surface area contributed by atoms with E-state index in [0.29, 0.717) is 24.4 Å². The summed E-state index contributed by atoms with van der Waals surface area (Å²) < 4.78 is 0. The Balaban J connectivity index is 1.65. The van der Waals surface area contributed by atoms with E-state index >= 15 is 0 Å². The Morgan fingerprint density at radius 3 is 2.58 bits per heavy atom. The van der Waals surface area contributed by atoms with Gasteiger partial charge in [0.25, 0.3) is 0 Å². The average Bonchev–Trinajstić information content (AvgIpc) is 2.95. The summed E-state index contributed by atoms with van der Waals surface area (Å²) in [5.74, 6) is 0.605. The molecule has 1 atom stereocenters. The topological polar surface area (TPSA) is 45.2 Å². The van der Waals surface area contributed by atoms with Crippen LogP contribution in [0.5, 0.6) is 0 Å². The van der Waals surface area contributed by atoms with Gasteiger partial charge in [0, 0.05) is 35.2 Å². The zero-order valence-corrected chi connectivity index (χ0v) is 15.4. The van der Waals surface area contributed by atoms with E-state index in [9.17, 15) is 4.79 Å². The molecule has 2 amide bonds. The van der Waals surface area contributed by atoms with E-state index in [1.165, 1.54) is 16.2 Å². The number of urea groups is 1. The van der Waals surface area contributed by atoms with Crippen LogP contribution in [0.3, 0.4) is 0 Å². The fourth-order valence-corrected chi connectivity index (χ4v) is 3.82. The smallest absolute Gasteiger partial charge is 0.318 e. The van der Waals surface area contributed by atoms with Crippen LogP contribution in [0.25, 0.3) is 0 Å². The van der Waals surface area contributed by atoms with Gasteiger partial charge in [-0.05, 0) is 54.5 Å². The lowest BCUT2D eigenvalue weighted by Gasteiger charge is -2.23. The molecule has 1 fully saturated rings. The first-order chi connectivity index (χ1) is 11.4. The Morgan fingerprint density at radius 1 is 1.29 bits per heavy atom. The number of amides is 2. The highest BCUT2D eigenvalue weighted by Gasteiger charge is 2.45. The Bertz CT molecular complexity index is 696. The van der Waals surface area contributed by atoms with E-state index < -0.39 is 0 Å². The summed E-state index contributed by atoms with van der Waals surface area (Å²) in [6.07, 6.45) is 4.74. The largest absolute Gasteiger partial charge is 0.338 e. The molecule has 0 aliphatic heterocycles. The molecule has 1 saturated carbocycles. The van der Waals surface area contributed by atoms with Gasteiger partial charge in [-0.15, -0.1) is 11.3 Å². The standard InChI is InChI=1S/C19H25N3OS/c1-14-4-5-17(24-14)13-22(12-15-6-8-20-9-7-15)18(23)21-11-16-10-19(16,2)3/h4-9,16H,10-13H2,1-3H3,(H,21,23)/t16-/m0/s1. The zero-order chi connectivity index (χ0) is 17.2. The number of aryl methyl sites for hydroxylation is 1. The predicted octanol–water partition coefficient (Wildman–Crippen LogP) is 4.21. The van der Waals surface area contributed by atoms with Gasteiger partial charge in [-0.3, -0.25) is 4.98 Å². The Kier molecular flexibility index (Phi) is 4.90. The summed E-state index contributed by atoms with van der Waals surface area (Å²) >= 11 is 1.75. The molecule has 0 saturated heterocycles. The van der Waals surface area contributed by atoms with Gasteiger partial charge in [0.1, 0.15) is 0 Å². The van der Waals surface area contributed by atoms with Crippen molar-refractivity contribution >= 4 is 17.4 Å². The van der Waals surface area contributed by atoms with Crippen molar-refractivity contribution in [3.63, 3.8) is 0 Å². The summed E-state index contributed by atoms with van der Waals surface area (Å²) in [6, 6.07) is 8.15. The molecule has 1 aliphatic carbocycles. The van der Waals surface area contributed by atoms with Crippen molar-refractivity contribution in [2.45, 2.75) is 40.3 Å². The number of aromatic nitrogens is 1. The molecule has 0 radical (unpaired) electrons. The molecule has 3 rings (SSSR count). The van der Waals surface area contributed by atoms with Crippen LogP contribution >= 0.6 is 11.3 Å². The highest BCUT2D eigenvalue weighted by molar-refractivity contribution is 7.11. The highest BCUT2D eigenvalue weighted by Crippen LogP contribution is 2.50. The van der Waals surface area contributed by atoms with Crippen LogP contribution < -0.4 is 5.32 Å². The summed E-state index contributed by atoms with van der Waals surface area (Å²) in [5.41, 5.74) is 1.48. The number of nitrogens with zero attached hydrogens (tertiary/aromatic N) is 2. The maximum absolute atomic E-state index is 12.7. The normalized spacial score (nSPS) is 18.2. The van der Waals surface area contributed by atoms with Gasteiger partial charge in [0.05, 0.1) is 6.54 Å². The van der Waals surface area contributed by atoms with Crippen LogP contribution in [0, 0.1) is 18.3 Å². The van der Waals surface area contributed by atoms with Crippen molar-refractivity contribution < 1.29 is 4.79 Å². The molecule has 0 unspecified atom stereocenters. The first-order valence-corrected chi connectivity index (χ1v) is 9.23. The summed E-state index contributed by atoms with van der Waals surface area (Å²) in [5, 5.41) is 3.12. The maximum atomic E-state index is 12.7. The lowest BCUT2D eigenvalue weighted by Crippen LogP contribution is -2.40. The van der Waals surface area contributed by atoms with Crippen LogP contribution in [0.4, 0.5) is 4.79 Å². The van der Waals surface area contributed by atoms with Crippen molar-refractivity contribution in [1.82, 2.24) is 15.2 Å². The van der Waals surface area contributed by atoms with Crippen LogP contribution in [-0.4, -0.2) is 22.5 Å². The average molecular weight is 343 g/mol. The van der Waals surface area contributed by atoms with Crippen LogP contribution in [0.1, 0.15) is 35.6 Å². The van der Waals surface area contributed by atoms with E-state index in [4.69, 9.17) is 0 Å². The Hall–Kier alpha value is -1.88. The van der Waals surface area contributed by atoms with Crippen LogP contribution in [-0.2, 0) is 13.1 Å². The molecule has 128 valence electrons. The molecule has 2 aromatic heterocycles. The molecule has 2 heterocycles. The number of carbonyl (C=O) groups is 1. The highest BCUT2D eigenvalue weighted by atomic mass is 32.1. The second kappa shape index (κ2) is 6.93. The molecular formula is C19H25N3OS. The number of nitrogens with one attached hydrogen (secondary N) is 1. The van der Waals surface area contributed by atoms with Crippen LogP contribution in [0.15, 0.2) is 36.7 Å². The van der Waals surface area contributed by atoms with E-state index in [1.54, 1.807) is 23.7 Å². The molecule has 0 bridgehead atoms.